The number of rotatable bonds is 7. The number of carbonyl (C=O) groups excluding carboxylic acids is 1. The van der Waals surface area contributed by atoms with Crippen molar-refractivity contribution in [3.63, 3.8) is 0 Å². The Labute approximate surface area is 192 Å². The Balaban J connectivity index is 1.68. The van der Waals surface area contributed by atoms with Gasteiger partial charge in [0.05, 0.1) is 12.1 Å². The second kappa shape index (κ2) is 9.52. The smallest absolute Gasteiger partial charge is 0.396 e. The molecule has 176 valence electrons. The lowest BCUT2D eigenvalue weighted by Gasteiger charge is -2.08. The predicted octanol–water partition coefficient (Wildman–Crippen LogP) is 3.34. The Morgan fingerprint density at radius 2 is 1.85 bits per heavy atom. The lowest BCUT2D eigenvalue weighted by Crippen LogP contribution is -2.24. The minimum absolute atomic E-state index is 0.0276. The standard InChI is InChI=1S/C24H21F3N4O3/c25-24(26,27)19-8-1-5-16(13-19)15-31-23(34)30-11-3-9-20(21(30)29-31)17-6-2-7-18(14-17)22(33)28-10-4-12-32/h1-3,5-9,11,13-14,32H,4,10,12,15H2,(H,28,33). The summed E-state index contributed by atoms with van der Waals surface area (Å²) in [6.07, 6.45) is -2.51. The molecule has 0 fully saturated rings. The number of pyridine rings is 1. The van der Waals surface area contributed by atoms with Crippen LogP contribution in [0.3, 0.4) is 0 Å². The third kappa shape index (κ3) is 4.86. The van der Waals surface area contributed by atoms with Crippen LogP contribution in [0.15, 0.2) is 71.7 Å². The molecule has 0 spiro atoms. The van der Waals surface area contributed by atoms with Gasteiger partial charge in [0.25, 0.3) is 5.91 Å². The zero-order valence-corrected chi connectivity index (χ0v) is 17.9. The topological polar surface area (TPSA) is 88.6 Å². The quantitative estimate of drug-likeness (QED) is 0.406. The number of aliphatic hydroxyl groups is 1. The molecule has 0 aliphatic rings. The summed E-state index contributed by atoms with van der Waals surface area (Å²) in [4.78, 5) is 25.3. The summed E-state index contributed by atoms with van der Waals surface area (Å²) in [6.45, 7) is 0.182. The van der Waals surface area contributed by atoms with E-state index in [-0.39, 0.29) is 19.1 Å². The highest BCUT2D eigenvalue weighted by molar-refractivity contribution is 5.96. The summed E-state index contributed by atoms with van der Waals surface area (Å²) in [5, 5.41) is 16.0. The van der Waals surface area contributed by atoms with Crippen molar-refractivity contribution in [2.24, 2.45) is 0 Å². The van der Waals surface area contributed by atoms with Gasteiger partial charge in [-0.25, -0.2) is 13.9 Å². The lowest BCUT2D eigenvalue weighted by atomic mass is 10.0. The van der Waals surface area contributed by atoms with Crippen molar-refractivity contribution in [1.82, 2.24) is 19.5 Å². The van der Waals surface area contributed by atoms with Crippen molar-refractivity contribution in [2.75, 3.05) is 13.2 Å². The van der Waals surface area contributed by atoms with E-state index in [2.05, 4.69) is 10.4 Å². The highest BCUT2D eigenvalue weighted by Crippen LogP contribution is 2.29. The van der Waals surface area contributed by atoms with Crippen LogP contribution in [-0.2, 0) is 12.7 Å². The van der Waals surface area contributed by atoms with Crippen molar-refractivity contribution >= 4 is 11.6 Å². The van der Waals surface area contributed by atoms with E-state index >= 15 is 0 Å². The van der Waals surface area contributed by atoms with Gasteiger partial charge in [0, 0.05) is 30.5 Å². The van der Waals surface area contributed by atoms with Gasteiger partial charge in [0.1, 0.15) is 0 Å². The van der Waals surface area contributed by atoms with Gasteiger partial charge in [0.2, 0.25) is 0 Å². The van der Waals surface area contributed by atoms with Crippen LogP contribution < -0.4 is 11.0 Å². The number of amides is 1. The van der Waals surface area contributed by atoms with E-state index in [4.69, 9.17) is 5.11 Å². The highest BCUT2D eigenvalue weighted by atomic mass is 19.4. The molecule has 0 aliphatic carbocycles. The number of benzene rings is 2. The zero-order valence-electron chi connectivity index (χ0n) is 17.9. The van der Waals surface area contributed by atoms with Crippen molar-refractivity contribution in [2.45, 2.75) is 19.1 Å². The van der Waals surface area contributed by atoms with E-state index in [0.29, 0.717) is 40.9 Å². The number of hydrogen-bond acceptors (Lipinski definition) is 4. The van der Waals surface area contributed by atoms with Crippen LogP contribution in [0, 0.1) is 0 Å². The van der Waals surface area contributed by atoms with E-state index in [0.717, 1.165) is 16.8 Å². The Hall–Kier alpha value is -3.92. The number of nitrogens with one attached hydrogen (secondary N) is 1. The number of halogens is 3. The van der Waals surface area contributed by atoms with Crippen molar-refractivity contribution < 1.29 is 23.1 Å². The second-order valence-electron chi connectivity index (χ2n) is 7.67. The van der Waals surface area contributed by atoms with E-state index in [1.165, 1.54) is 22.7 Å². The van der Waals surface area contributed by atoms with Gasteiger partial charge in [-0.05, 0) is 53.9 Å². The first-order valence-electron chi connectivity index (χ1n) is 10.5. The molecule has 1 amide bonds. The molecule has 4 rings (SSSR count). The Bertz CT molecular complexity index is 1390. The highest BCUT2D eigenvalue weighted by Gasteiger charge is 2.30. The van der Waals surface area contributed by atoms with E-state index in [1.807, 2.05) is 0 Å². The van der Waals surface area contributed by atoms with E-state index in [1.54, 1.807) is 36.4 Å². The summed E-state index contributed by atoms with van der Waals surface area (Å²) in [5.41, 5.74) is 0.969. The molecule has 0 radical (unpaired) electrons. The molecule has 4 aromatic rings. The van der Waals surface area contributed by atoms with Crippen LogP contribution in [0.5, 0.6) is 0 Å². The zero-order chi connectivity index (χ0) is 24.3. The first-order valence-corrected chi connectivity index (χ1v) is 10.5. The lowest BCUT2D eigenvalue weighted by molar-refractivity contribution is -0.137. The fourth-order valence-corrected chi connectivity index (χ4v) is 3.60. The van der Waals surface area contributed by atoms with Crippen molar-refractivity contribution in [1.29, 1.82) is 0 Å². The first kappa shape index (κ1) is 23.2. The number of aliphatic hydroxyl groups excluding tert-OH is 1. The van der Waals surface area contributed by atoms with Gasteiger partial charge < -0.3 is 10.4 Å². The van der Waals surface area contributed by atoms with Crippen LogP contribution in [-0.4, -0.2) is 38.3 Å². The van der Waals surface area contributed by atoms with Gasteiger partial charge in [-0.1, -0.05) is 24.3 Å². The number of alkyl halides is 3. The number of fused-ring (bicyclic) bond motifs is 1. The fourth-order valence-electron chi connectivity index (χ4n) is 3.60. The molecular weight excluding hydrogens is 449 g/mol. The molecule has 2 aromatic carbocycles. The maximum Gasteiger partial charge on any atom is 0.416 e. The van der Waals surface area contributed by atoms with Gasteiger partial charge in [-0.15, -0.1) is 5.10 Å². The van der Waals surface area contributed by atoms with E-state index in [9.17, 15) is 22.8 Å². The molecule has 0 atom stereocenters. The van der Waals surface area contributed by atoms with E-state index < -0.39 is 17.4 Å². The monoisotopic (exact) mass is 470 g/mol. The average molecular weight is 470 g/mol. The first-order chi connectivity index (χ1) is 16.3. The van der Waals surface area contributed by atoms with Crippen LogP contribution in [0.1, 0.15) is 27.9 Å². The van der Waals surface area contributed by atoms with Crippen molar-refractivity contribution in [3.8, 4) is 11.1 Å². The third-order valence-corrected chi connectivity index (χ3v) is 5.25. The predicted molar refractivity (Wildman–Crippen MR) is 119 cm³/mol. The summed E-state index contributed by atoms with van der Waals surface area (Å²) >= 11 is 0. The molecule has 0 bridgehead atoms. The Kier molecular flexibility index (Phi) is 6.51. The largest absolute Gasteiger partial charge is 0.416 e. The minimum atomic E-state index is -4.48. The summed E-state index contributed by atoms with van der Waals surface area (Å²) in [7, 11) is 0. The number of nitrogens with zero attached hydrogens (tertiary/aromatic N) is 3. The SMILES string of the molecule is O=C(NCCCO)c1cccc(-c2cccn3c(=O)n(Cc4cccc(C(F)(F)F)c4)nc23)c1. The molecule has 0 aliphatic heterocycles. The molecule has 34 heavy (non-hydrogen) atoms. The minimum Gasteiger partial charge on any atom is -0.396 e. The fraction of sp³-hybridized carbons (Fsp3) is 0.208. The van der Waals surface area contributed by atoms with Gasteiger partial charge in [-0.3, -0.25) is 4.79 Å². The maximum atomic E-state index is 13.0. The summed E-state index contributed by atoms with van der Waals surface area (Å²) in [6, 6.07) is 15.0. The molecule has 10 heteroatoms. The molecule has 0 saturated carbocycles. The van der Waals surface area contributed by atoms with Gasteiger partial charge in [0.15, 0.2) is 5.65 Å². The number of aromatic nitrogens is 3. The van der Waals surface area contributed by atoms with Crippen LogP contribution >= 0.6 is 0 Å². The summed E-state index contributed by atoms with van der Waals surface area (Å²) < 4.78 is 41.6. The second-order valence-corrected chi connectivity index (χ2v) is 7.67. The third-order valence-electron chi connectivity index (χ3n) is 5.25. The van der Waals surface area contributed by atoms with Crippen LogP contribution in [0.4, 0.5) is 13.2 Å². The molecule has 0 unspecified atom stereocenters. The van der Waals surface area contributed by atoms with Gasteiger partial charge in [-0.2, -0.15) is 13.2 Å². The summed E-state index contributed by atoms with van der Waals surface area (Å²) in [5.74, 6) is -0.297. The Morgan fingerprint density at radius 3 is 2.62 bits per heavy atom. The Morgan fingerprint density at radius 1 is 1.06 bits per heavy atom. The molecular formula is C24H21F3N4O3. The van der Waals surface area contributed by atoms with Gasteiger partial charge >= 0.3 is 11.9 Å². The molecule has 2 heterocycles. The number of carbonyl (C=O) groups is 1. The average Bonchev–Trinajstić information content (AvgIpc) is 3.14. The molecule has 2 N–H and O–H groups in total. The molecule has 7 nitrogen and oxygen atoms in total. The number of hydrogen-bond donors (Lipinski definition) is 2. The maximum absolute atomic E-state index is 13.0. The molecule has 0 saturated heterocycles. The normalized spacial score (nSPS) is 11.6. The van der Waals surface area contributed by atoms with Crippen LogP contribution in [0.2, 0.25) is 0 Å². The molecule has 2 aromatic heterocycles. The van der Waals surface area contributed by atoms with Crippen molar-refractivity contribution in [3.05, 3.63) is 94.0 Å². The van der Waals surface area contributed by atoms with Crippen LogP contribution in [0.25, 0.3) is 16.8 Å².